The summed E-state index contributed by atoms with van der Waals surface area (Å²) in [7, 11) is 1.54. The number of carbonyl (C=O) groups excluding carboxylic acids is 2. The van der Waals surface area contributed by atoms with Gasteiger partial charge in [0.15, 0.2) is 6.61 Å². The average molecular weight is 356 g/mol. The van der Waals surface area contributed by atoms with E-state index >= 15 is 0 Å². The van der Waals surface area contributed by atoms with E-state index in [0.717, 1.165) is 6.08 Å². The van der Waals surface area contributed by atoms with Crippen LogP contribution in [0.25, 0.3) is 6.08 Å². The number of nitro benzene ring substituents is 1. The van der Waals surface area contributed by atoms with Gasteiger partial charge in [0.1, 0.15) is 5.75 Å². The van der Waals surface area contributed by atoms with Crippen LogP contribution in [0.5, 0.6) is 5.75 Å². The van der Waals surface area contributed by atoms with E-state index in [4.69, 9.17) is 9.47 Å². The van der Waals surface area contributed by atoms with Gasteiger partial charge in [-0.2, -0.15) is 0 Å². The molecule has 0 atom stereocenters. The van der Waals surface area contributed by atoms with Gasteiger partial charge in [0.2, 0.25) is 0 Å². The molecule has 0 aromatic heterocycles. The van der Waals surface area contributed by atoms with Gasteiger partial charge in [-0.05, 0) is 35.9 Å². The molecular formula is C18H16N2O6. The predicted molar refractivity (Wildman–Crippen MR) is 94.7 cm³/mol. The molecule has 2 rings (SSSR count). The number of ether oxygens (including phenoxy) is 2. The molecule has 0 aliphatic carbocycles. The Bertz CT molecular complexity index is 830. The molecule has 0 fully saturated rings. The van der Waals surface area contributed by atoms with Crippen LogP contribution in [0.4, 0.5) is 11.4 Å². The summed E-state index contributed by atoms with van der Waals surface area (Å²) in [5.74, 6) is -0.575. The van der Waals surface area contributed by atoms with Crippen LogP contribution in [0.2, 0.25) is 0 Å². The lowest BCUT2D eigenvalue weighted by atomic mass is 10.2. The minimum absolute atomic E-state index is 0.0839. The van der Waals surface area contributed by atoms with Gasteiger partial charge in [0.05, 0.1) is 12.0 Å². The first-order valence-corrected chi connectivity index (χ1v) is 7.51. The Labute approximate surface area is 149 Å². The molecular weight excluding hydrogens is 340 g/mol. The third-order valence-electron chi connectivity index (χ3n) is 3.21. The minimum atomic E-state index is -0.735. The third-order valence-corrected chi connectivity index (χ3v) is 3.21. The monoisotopic (exact) mass is 356 g/mol. The number of nitrogens with one attached hydrogen (secondary N) is 1. The molecule has 0 radical (unpaired) electrons. The van der Waals surface area contributed by atoms with Gasteiger partial charge in [-0.3, -0.25) is 14.9 Å². The van der Waals surface area contributed by atoms with E-state index in [1.165, 1.54) is 31.4 Å². The molecule has 2 aromatic carbocycles. The molecule has 0 unspecified atom stereocenters. The number of nitro groups is 1. The number of benzene rings is 2. The Balaban J connectivity index is 1.82. The van der Waals surface area contributed by atoms with Gasteiger partial charge < -0.3 is 14.8 Å². The number of anilines is 1. The molecule has 0 heterocycles. The van der Waals surface area contributed by atoms with Crippen LogP contribution >= 0.6 is 0 Å². The van der Waals surface area contributed by atoms with Crippen molar-refractivity contribution in [3.05, 3.63) is 70.3 Å². The van der Waals surface area contributed by atoms with Crippen LogP contribution in [0.1, 0.15) is 5.56 Å². The number of methoxy groups -OCH3 is 1. The second-order valence-corrected chi connectivity index (χ2v) is 5.07. The Hall–Kier alpha value is -3.68. The SMILES string of the molecule is COc1ccc(NC(=O)COC(=O)C=Cc2cccc([N+](=O)[O-])c2)cc1. The molecule has 1 amide bonds. The van der Waals surface area contributed by atoms with Crippen LogP contribution in [-0.2, 0) is 14.3 Å². The zero-order valence-corrected chi connectivity index (χ0v) is 13.9. The van der Waals surface area contributed by atoms with Crippen molar-refractivity contribution in [1.29, 1.82) is 0 Å². The molecule has 0 spiro atoms. The van der Waals surface area contributed by atoms with Crippen LogP contribution in [-0.4, -0.2) is 30.5 Å². The maximum absolute atomic E-state index is 11.7. The van der Waals surface area contributed by atoms with E-state index in [-0.39, 0.29) is 5.69 Å². The van der Waals surface area contributed by atoms with E-state index in [1.807, 2.05) is 0 Å². The molecule has 0 bridgehead atoms. The quantitative estimate of drug-likeness (QED) is 0.354. The normalized spacial score (nSPS) is 10.3. The summed E-state index contributed by atoms with van der Waals surface area (Å²) in [5, 5.41) is 13.3. The highest BCUT2D eigenvalue weighted by molar-refractivity contribution is 5.94. The van der Waals surface area contributed by atoms with Gasteiger partial charge in [-0.15, -0.1) is 0 Å². The largest absolute Gasteiger partial charge is 0.497 e. The van der Waals surface area contributed by atoms with Gasteiger partial charge in [0, 0.05) is 23.9 Å². The second kappa shape index (κ2) is 8.97. The highest BCUT2D eigenvalue weighted by Crippen LogP contribution is 2.15. The van der Waals surface area contributed by atoms with Crippen molar-refractivity contribution >= 4 is 29.3 Å². The number of hydrogen-bond acceptors (Lipinski definition) is 6. The first-order valence-electron chi connectivity index (χ1n) is 7.51. The molecule has 0 aliphatic heterocycles. The third kappa shape index (κ3) is 5.75. The van der Waals surface area contributed by atoms with Gasteiger partial charge >= 0.3 is 5.97 Å². The number of nitrogens with zero attached hydrogens (tertiary/aromatic N) is 1. The molecule has 134 valence electrons. The molecule has 8 nitrogen and oxygen atoms in total. The van der Waals surface area contributed by atoms with E-state index in [0.29, 0.717) is 17.0 Å². The molecule has 1 N–H and O–H groups in total. The minimum Gasteiger partial charge on any atom is -0.497 e. The summed E-state index contributed by atoms with van der Waals surface area (Å²) in [6.07, 6.45) is 2.47. The van der Waals surface area contributed by atoms with Crippen LogP contribution in [0.3, 0.4) is 0 Å². The van der Waals surface area contributed by atoms with E-state index < -0.39 is 23.4 Å². The Morgan fingerprint density at radius 1 is 1.19 bits per heavy atom. The van der Waals surface area contributed by atoms with E-state index in [9.17, 15) is 19.7 Å². The average Bonchev–Trinajstić information content (AvgIpc) is 2.65. The van der Waals surface area contributed by atoms with E-state index in [1.54, 1.807) is 30.3 Å². The summed E-state index contributed by atoms with van der Waals surface area (Å²) in [6.45, 7) is -0.454. The fourth-order valence-corrected chi connectivity index (χ4v) is 1.96. The summed E-state index contributed by atoms with van der Waals surface area (Å²) in [5.41, 5.74) is 0.928. The second-order valence-electron chi connectivity index (χ2n) is 5.07. The molecule has 0 saturated heterocycles. The molecule has 2 aromatic rings. The molecule has 8 heteroatoms. The van der Waals surface area contributed by atoms with Gasteiger partial charge in [-0.1, -0.05) is 12.1 Å². The first-order chi connectivity index (χ1) is 12.5. The summed E-state index contributed by atoms with van der Waals surface area (Å²) >= 11 is 0. The van der Waals surface area contributed by atoms with E-state index in [2.05, 4.69) is 5.32 Å². The van der Waals surface area contributed by atoms with Crippen LogP contribution < -0.4 is 10.1 Å². The van der Waals surface area contributed by atoms with Crippen molar-refractivity contribution in [2.75, 3.05) is 19.0 Å². The fourth-order valence-electron chi connectivity index (χ4n) is 1.96. The van der Waals surface area contributed by atoms with Crippen molar-refractivity contribution in [2.45, 2.75) is 0 Å². The first kappa shape index (κ1) is 18.7. The van der Waals surface area contributed by atoms with Gasteiger partial charge in [-0.25, -0.2) is 4.79 Å². The number of carbonyl (C=O) groups is 2. The van der Waals surface area contributed by atoms with Crippen molar-refractivity contribution < 1.29 is 24.0 Å². The van der Waals surface area contributed by atoms with Crippen LogP contribution in [0.15, 0.2) is 54.6 Å². The number of hydrogen-bond donors (Lipinski definition) is 1. The molecule has 26 heavy (non-hydrogen) atoms. The van der Waals surface area contributed by atoms with Gasteiger partial charge in [0.25, 0.3) is 11.6 Å². The highest BCUT2D eigenvalue weighted by Gasteiger charge is 2.07. The lowest BCUT2D eigenvalue weighted by Gasteiger charge is -2.06. The number of amides is 1. The number of esters is 1. The summed E-state index contributed by atoms with van der Waals surface area (Å²) < 4.78 is 9.83. The van der Waals surface area contributed by atoms with Crippen molar-refractivity contribution in [3.8, 4) is 5.75 Å². The highest BCUT2D eigenvalue weighted by atomic mass is 16.6. The van der Waals surface area contributed by atoms with Crippen LogP contribution in [0, 0.1) is 10.1 Å². The number of rotatable bonds is 7. The van der Waals surface area contributed by atoms with Crippen molar-refractivity contribution in [3.63, 3.8) is 0 Å². The molecule has 0 saturated carbocycles. The standard InChI is InChI=1S/C18H16N2O6/c1-25-16-8-6-14(7-9-16)19-17(21)12-26-18(22)10-5-13-3-2-4-15(11-13)20(23)24/h2-11H,12H2,1H3,(H,19,21). The Kier molecular flexibility index (Phi) is 6.44. The zero-order valence-electron chi connectivity index (χ0n) is 13.9. The lowest BCUT2D eigenvalue weighted by Crippen LogP contribution is -2.20. The predicted octanol–water partition coefficient (Wildman–Crippen LogP) is 2.80. The van der Waals surface area contributed by atoms with Crippen molar-refractivity contribution in [2.24, 2.45) is 0 Å². The fraction of sp³-hybridized carbons (Fsp3) is 0.111. The topological polar surface area (TPSA) is 108 Å². The smallest absolute Gasteiger partial charge is 0.331 e. The molecule has 0 aliphatic rings. The zero-order chi connectivity index (χ0) is 18.9. The Morgan fingerprint density at radius 2 is 1.92 bits per heavy atom. The lowest BCUT2D eigenvalue weighted by molar-refractivity contribution is -0.384. The maximum Gasteiger partial charge on any atom is 0.331 e. The Morgan fingerprint density at radius 3 is 2.58 bits per heavy atom. The summed E-state index contributed by atoms with van der Waals surface area (Å²) in [4.78, 5) is 33.5. The maximum atomic E-state index is 11.7. The summed E-state index contributed by atoms with van der Waals surface area (Å²) in [6, 6.07) is 12.5. The van der Waals surface area contributed by atoms with Crippen molar-refractivity contribution in [1.82, 2.24) is 0 Å². The number of non-ortho nitro benzene ring substituents is 1.